The third-order valence-corrected chi connectivity index (χ3v) is 3.02. The molecule has 5 heteroatoms. The summed E-state index contributed by atoms with van der Waals surface area (Å²) in [6.07, 6.45) is 0.259. The quantitative estimate of drug-likeness (QED) is 0.752. The lowest BCUT2D eigenvalue weighted by atomic mass is 10.1. The van der Waals surface area contributed by atoms with Crippen LogP contribution in [-0.2, 0) is 20.7 Å². The number of rotatable bonds is 7. The molecule has 0 aromatic heterocycles. The van der Waals surface area contributed by atoms with E-state index in [9.17, 15) is 9.59 Å². The first-order chi connectivity index (χ1) is 9.58. The second-order valence-electron chi connectivity index (χ2n) is 4.65. The van der Waals surface area contributed by atoms with Gasteiger partial charge in [0.2, 0.25) is 5.91 Å². The predicted octanol–water partition coefficient (Wildman–Crippen LogP) is 0.859. The summed E-state index contributed by atoms with van der Waals surface area (Å²) in [5.41, 5.74) is 0.908. The fourth-order valence-electron chi connectivity index (χ4n) is 1.93. The van der Waals surface area contributed by atoms with Gasteiger partial charge in [-0.2, -0.15) is 0 Å². The highest BCUT2D eigenvalue weighted by molar-refractivity contribution is 5.80. The summed E-state index contributed by atoms with van der Waals surface area (Å²) in [4.78, 5) is 25.1. The fourth-order valence-corrected chi connectivity index (χ4v) is 1.93. The number of hydrogen-bond donors (Lipinski definition) is 1. The normalized spacial score (nSPS) is 11.8. The van der Waals surface area contributed by atoms with Crippen molar-refractivity contribution in [3.05, 3.63) is 35.9 Å². The molecule has 1 amide bonds. The van der Waals surface area contributed by atoms with Gasteiger partial charge in [-0.25, -0.2) is 0 Å². The van der Waals surface area contributed by atoms with Crippen molar-refractivity contribution in [3.63, 3.8) is 0 Å². The summed E-state index contributed by atoms with van der Waals surface area (Å²) >= 11 is 0. The van der Waals surface area contributed by atoms with Crippen LogP contribution in [0.3, 0.4) is 0 Å². The molecule has 0 saturated heterocycles. The molecule has 110 valence electrons. The SMILES string of the molecule is COC(=O)C(C)CN(CCO)C(=O)Cc1ccccc1. The molecular weight excluding hydrogens is 258 g/mol. The molecule has 1 unspecified atom stereocenters. The zero-order chi connectivity index (χ0) is 15.0. The van der Waals surface area contributed by atoms with E-state index < -0.39 is 5.92 Å². The molecule has 0 radical (unpaired) electrons. The summed E-state index contributed by atoms with van der Waals surface area (Å²) < 4.78 is 4.65. The molecule has 0 saturated carbocycles. The average molecular weight is 279 g/mol. The van der Waals surface area contributed by atoms with Gasteiger partial charge in [-0.05, 0) is 5.56 Å². The van der Waals surface area contributed by atoms with Gasteiger partial charge in [-0.1, -0.05) is 37.3 Å². The Morgan fingerprint density at radius 3 is 2.50 bits per heavy atom. The molecule has 1 N–H and O–H groups in total. The Morgan fingerprint density at radius 1 is 1.30 bits per heavy atom. The summed E-state index contributed by atoms with van der Waals surface area (Å²) in [7, 11) is 1.32. The molecule has 1 aromatic carbocycles. The van der Waals surface area contributed by atoms with Crippen LogP contribution in [0.5, 0.6) is 0 Å². The van der Waals surface area contributed by atoms with E-state index in [1.54, 1.807) is 6.92 Å². The highest BCUT2D eigenvalue weighted by atomic mass is 16.5. The third-order valence-electron chi connectivity index (χ3n) is 3.02. The summed E-state index contributed by atoms with van der Waals surface area (Å²) in [5.74, 6) is -0.882. The van der Waals surface area contributed by atoms with E-state index >= 15 is 0 Å². The number of carbonyl (C=O) groups excluding carboxylic acids is 2. The first-order valence-electron chi connectivity index (χ1n) is 6.58. The molecular formula is C15H21NO4. The summed E-state index contributed by atoms with van der Waals surface area (Å²) in [6.45, 7) is 2.03. The van der Waals surface area contributed by atoms with Crippen LogP contribution < -0.4 is 0 Å². The van der Waals surface area contributed by atoms with Gasteiger partial charge in [-0.15, -0.1) is 0 Å². The van der Waals surface area contributed by atoms with Crippen molar-refractivity contribution in [2.75, 3.05) is 26.8 Å². The van der Waals surface area contributed by atoms with Gasteiger partial charge in [-0.3, -0.25) is 9.59 Å². The van der Waals surface area contributed by atoms with Crippen molar-refractivity contribution < 1.29 is 19.4 Å². The van der Waals surface area contributed by atoms with Gasteiger partial charge >= 0.3 is 5.97 Å². The van der Waals surface area contributed by atoms with Crippen LogP contribution in [0.4, 0.5) is 0 Å². The highest BCUT2D eigenvalue weighted by Gasteiger charge is 2.21. The zero-order valence-corrected chi connectivity index (χ0v) is 11.9. The molecule has 0 heterocycles. The molecule has 0 spiro atoms. The number of hydrogen-bond acceptors (Lipinski definition) is 4. The number of ether oxygens (including phenoxy) is 1. The van der Waals surface area contributed by atoms with E-state index in [2.05, 4.69) is 4.74 Å². The van der Waals surface area contributed by atoms with Gasteiger partial charge in [0.1, 0.15) is 0 Å². The number of esters is 1. The number of nitrogens with zero attached hydrogens (tertiary/aromatic N) is 1. The maximum atomic E-state index is 12.2. The van der Waals surface area contributed by atoms with Crippen LogP contribution >= 0.6 is 0 Å². The standard InChI is InChI=1S/C15H21NO4/c1-12(15(19)20-2)11-16(8-9-17)14(18)10-13-6-4-3-5-7-13/h3-7,12,17H,8-11H2,1-2H3. The molecule has 5 nitrogen and oxygen atoms in total. The molecule has 0 bridgehead atoms. The first-order valence-corrected chi connectivity index (χ1v) is 6.58. The van der Waals surface area contributed by atoms with E-state index in [0.717, 1.165) is 5.56 Å². The molecule has 1 atom stereocenters. The van der Waals surface area contributed by atoms with Crippen molar-refractivity contribution in [3.8, 4) is 0 Å². The van der Waals surface area contributed by atoms with Crippen LogP contribution in [0.2, 0.25) is 0 Å². The minimum atomic E-state index is -0.411. The minimum Gasteiger partial charge on any atom is -0.469 e. The topological polar surface area (TPSA) is 66.8 Å². The fraction of sp³-hybridized carbons (Fsp3) is 0.467. The second-order valence-corrected chi connectivity index (χ2v) is 4.65. The lowest BCUT2D eigenvalue weighted by Crippen LogP contribution is -2.39. The number of amides is 1. The Bertz CT molecular complexity index is 433. The largest absolute Gasteiger partial charge is 0.469 e. The molecule has 1 rings (SSSR count). The van der Waals surface area contributed by atoms with Crippen LogP contribution in [0.25, 0.3) is 0 Å². The van der Waals surface area contributed by atoms with E-state index in [1.165, 1.54) is 12.0 Å². The van der Waals surface area contributed by atoms with E-state index in [1.807, 2.05) is 30.3 Å². The molecule has 1 aromatic rings. The molecule has 0 fully saturated rings. The Hall–Kier alpha value is -1.88. The number of aliphatic hydroxyl groups is 1. The van der Waals surface area contributed by atoms with Crippen LogP contribution in [0.15, 0.2) is 30.3 Å². The third kappa shape index (κ3) is 5.01. The summed E-state index contributed by atoms with van der Waals surface area (Å²) in [6, 6.07) is 9.38. The Morgan fingerprint density at radius 2 is 1.95 bits per heavy atom. The lowest BCUT2D eigenvalue weighted by Gasteiger charge is -2.24. The van der Waals surface area contributed by atoms with Crippen molar-refractivity contribution in [2.24, 2.45) is 5.92 Å². The van der Waals surface area contributed by atoms with Gasteiger partial charge < -0.3 is 14.7 Å². The Labute approximate surface area is 119 Å². The number of methoxy groups -OCH3 is 1. The maximum Gasteiger partial charge on any atom is 0.310 e. The van der Waals surface area contributed by atoms with E-state index in [4.69, 9.17) is 5.11 Å². The van der Waals surface area contributed by atoms with Crippen molar-refractivity contribution in [1.29, 1.82) is 0 Å². The Balaban J connectivity index is 2.65. The van der Waals surface area contributed by atoms with Gasteiger partial charge in [0.05, 0.1) is 26.1 Å². The zero-order valence-electron chi connectivity index (χ0n) is 11.9. The highest BCUT2D eigenvalue weighted by Crippen LogP contribution is 2.07. The predicted molar refractivity (Wildman–Crippen MR) is 75.0 cm³/mol. The Kier molecular flexibility index (Phi) is 6.73. The molecule has 0 aliphatic rings. The van der Waals surface area contributed by atoms with Crippen molar-refractivity contribution >= 4 is 11.9 Å². The second kappa shape index (κ2) is 8.32. The van der Waals surface area contributed by atoms with Crippen molar-refractivity contribution in [1.82, 2.24) is 4.90 Å². The molecule has 20 heavy (non-hydrogen) atoms. The van der Waals surface area contributed by atoms with Gasteiger partial charge in [0.25, 0.3) is 0 Å². The van der Waals surface area contributed by atoms with Gasteiger partial charge in [0, 0.05) is 13.1 Å². The van der Waals surface area contributed by atoms with E-state index in [0.29, 0.717) is 0 Å². The van der Waals surface area contributed by atoms with Crippen LogP contribution in [-0.4, -0.2) is 48.7 Å². The first kappa shape index (κ1) is 16.2. The van der Waals surface area contributed by atoms with Crippen molar-refractivity contribution in [2.45, 2.75) is 13.3 Å². The average Bonchev–Trinajstić information content (AvgIpc) is 2.46. The monoisotopic (exact) mass is 279 g/mol. The molecule has 0 aliphatic heterocycles. The number of benzene rings is 1. The maximum absolute atomic E-state index is 12.2. The van der Waals surface area contributed by atoms with Gasteiger partial charge in [0.15, 0.2) is 0 Å². The number of carbonyl (C=O) groups is 2. The van der Waals surface area contributed by atoms with Crippen LogP contribution in [0, 0.1) is 5.92 Å². The number of aliphatic hydroxyl groups excluding tert-OH is 1. The van der Waals surface area contributed by atoms with E-state index in [-0.39, 0.29) is 38.0 Å². The molecule has 0 aliphatic carbocycles. The summed E-state index contributed by atoms with van der Waals surface area (Å²) in [5, 5.41) is 9.05. The minimum absolute atomic E-state index is 0.110. The lowest BCUT2D eigenvalue weighted by molar-refractivity contribution is -0.146. The van der Waals surface area contributed by atoms with Crippen LogP contribution in [0.1, 0.15) is 12.5 Å². The smallest absolute Gasteiger partial charge is 0.310 e.